The van der Waals surface area contributed by atoms with Gasteiger partial charge >= 0.3 is 0 Å². The van der Waals surface area contributed by atoms with E-state index in [2.05, 4.69) is 29.1 Å². The first kappa shape index (κ1) is 11.2. The second-order valence-corrected chi connectivity index (χ2v) is 5.71. The van der Waals surface area contributed by atoms with Crippen LogP contribution in [0, 0.1) is 11.8 Å². The second kappa shape index (κ2) is 4.71. The number of piperidine rings is 1. The average Bonchev–Trinajstić information content (AvgIpc) is 2.64. The van der Waals surface area contributed by atoms with Gasteiger partial charge in [0, 0.05) is 18.5 Å². The molecule has 1 fully saturated rings. The van der Waals surface area contributed by atoms with Gasteiger partial charge in [-0.3, -0.25) is 0 Å². The van der Waals surface area contributed by atoms with E-state index in [0.717, 1.165) is 35.8 Å². The minimum atomic E-state index is 0.523. The number of rotatable bonds is 2. The van der Waals surface area contributed by atoms with Crippen LogP contribution in [0.25, 0.3) is 0 Å². The quantitative estimate of drug-likeness (QED) is 0.742. The molecule has 1 aromatic heterocycles. The van der Waals surface area contributed by atoms with Crippen LogP contribution in [0.5, 0.6) is 0 Å². The molecule has 0 aliphatic carbocycles. The summed E-state index contributed by atoms with van der Waals surface area (Å²) in [5.41, 5.74) is 1.00. The maximum atomic E-state index is 5.76. The molecule has 0 saturated carbocycles. The van der Waals surface area contributed by atoms with Crippen molar-refractivity contribution >= 4 is 28.1 Å². The summed E-state index contributed by atoms with van der Waals surface area (Å²) in [6, 6.07) is 0. The first-order valence-corrected chi connectivity index (χ1v) is 6.85. The van der Waals surface area contributed by atoms with E-state index in [1.54, 1.807) is 11.3 Å². The molecule has 1 aliphatic rings. The van der Waals surface area contributed by atoms with Gasteiger partial charge in [0.25, 0.3) is 0 Å². The Kier molecular flexibility index (Phi) is 3.52. The summed E-state index contributed by atoms with van der Waals surface area (Å²) in [5, 5.41) is 3.20. The van der Waals surface area contributed by atoms with Gasteiger partial charge in [0.1, 0.15) is 0 Å². The summed E-state index contributed by atoms with van der Waals surface area (Å²) in [4.78, 5) is 6.94. The van der Waals surface area contributed by atoms with Crippen molar-refractivity contribution in [1.82, 2.24) is 4.98 Å². The highest BCUT2D eigenvalue weighted by Crippen LogP contribution is 2.28. The van der Waals surface area contributed by atoms with Gasteiger partial charge in [-0.15, -0.1) is 22.9 Å². The van der Waals surface area contributed by atoms with Crippen molar-refractivity contribution < 1.29 is 0 Å². The minimum Gasteiger partial charge on any atom is -0.348 e. The van der Waals surface area contributed by atoms with Crippen LogP contribution in [0.1, 0.15) is 26.0 Å². The van der Waals surface area contributed by atoms with Crippen LogP contribution < -0.4 is 4.90 Å². The molecule has 2 nitrogen and oxygen atoms in total. The molecule has 0 aromatic carbocycles. The van der Waals surface area contributed by atoms with E-state index >= 15 is 0 Å². The van der Waals surface area contributed by atoms with E-state index in [-0.39, 0.29) is 0 Å². The van der Waals surface area contributed by atoms with Gasteiger partial charge in [0.15, 0.2) is 5.13 Å². The fraction of sp³-hybridized carbons (Fsp3) is 0.727. The van der Waals surface area contributed by atoms with Gasteiger partial charge < -0.3 is 4.90 Å². The Morgan fingerprint density at radius 3 is 2.67 bits per heavy atom. The van der Waals surface area contributed by atoms with Crippen molar-refractivity contribution in [3.63, 3.8) is 0 Å². The lowest BCUT2D eigenvalue weighted by Gasteiger charge is -2.34. The van der Waals surface area contributed by atoms with E-state index in [4.69, 9.17) is 11.6 Å². The Bertz CT molecular complexity index is 316. The molecular formula is C11H17ClN2S. The number of thiazole rings is 1. The van der Waals surface area contributed by atoms with Crippen molar-refractivity contribution in [3.05, 3.63) is 11.1 Å². The molecule has 2 atom stereocenters. The third-order valence-electron chi connectivity index (χ3n) is 2.82. The predicted molar refractivity (Wildman–Crippen MR) is 66.8 cm³/mol. The van der Waals surface area contributed by atoms with Crippen molar-refractivity contribution in [2.75, 3.05) is 18.0 Å². The minimum absolute atomic E-state index is 0.523. The molecule has 84 valence electrons. The summed E-state index contributed by atoms with van der Waals surface area (Å²) in [6.07, 6.45) is 1.34. The maximum absolute atomic E-state index is 5.76. The molecule has 0 N–H and O–H groups in total. The molecule has 4 heteroatoms. The number of anilines is 1. The van der Waals surface area contributed by atoms with Crippen LogP contribution in [0.15, 0.2) is 5.38 Å². The average molecular weight is 245 g/mol. The highest BCUT2D eigenvalue weighted by atomic mass is 35.5. The molecule has 15 heavy (non-hydrogen) atoms. The summed E-state index contributed by atoms with van der Waals surface area (Å²) in [7, 11) is 0. The molecule has 0 bridgehead atoms. The highest BCUT2D eigenvalue weighted by molar-refractivity contribution is 7.13. The Morgan fingerprint density at radius 1 is 1.47 bits per heavy atom. The Balaban J connectivity index is 2.09. The Morgan fingerprint density at radius 2 is 2.13 bits per heavy atom. The van der Waals surface area contributed by atoms with Crippen LogP contribution in [0.2, 0.25) is 0 Å². The molecule has 2 heterocycles. The predicted octanol–water partition coefficient (Wildman–Crippen LogP) is 3.36. The highest BCUT2D eigenvalue weighted by Gasteiger charge is 2.23. The molecule has 0 radical (unpaired) electrons. The summed E-state index contributed by atoms with van der Waals surface area (Å²) in [5.74, 6) is 2.07. The summed E-state index contributed by atoms with van der Waals surface area (Å²) in [6.45, 7) is 6.91. The lowest BCUT2D eigenvalue weighted by Crippen LogP contribution is -2.38. The fourth-order valence-electron chi connectivity index (χ4n) is 2.32. The third-order valence-corrected chi connectivity index (χ3v) is 4.04. The van der Waals surface area contributed by atoms with E-state index in [1.807, 2.05) is 0 Å². The fourth-order valence-corrected chi connectivity index (χ4v) is 3.40. The van der Waals surface area contributed by atoms with Crippen LogP contribution in [-0.2, 0) is 5.88 Å². The van der Waals surface area contributed by atoms with Crippen molar-refractivity contribution in [2.45, 2.75) is 26.1 Å². The van der Waals surface area contributed by atoms with E-state index in [0.29, 0.717) is 5.88 Å². The summed E-state index contributed by atoms with van der Waals surface area (Å²) < 4.78 is 0. The number of hydrogen-bond acceptors (Lipinski definition) is 3. The Labute approximate surface area is 100 Å². The van der Waals surface area contributed by atoms with E-state index in [9.17, 15) is 0 Å². The smallest absolute Gasteiger partial charge is 0.185 e. The van der Waals surface area contributed by atoms with Crippen LogP contribution in [0.3, 0.4) is 0 Å². The number of alkyl halides is 1. The van der Waals surface area contributed by atoms with Crippen LogP contribution >= 0.6 is 22.9 Å². The number of nitrogens with zero attached hydrogens (tertiary/aromatic N) is 2. The number of aromatic nitrogens is 1. The molecule has 2 rings (SSSR count). The normalized spacial score (nSPS) is 27.0. The molecule has 1 aliphatic heterocycles. The van der Waals surface area contributed by atoms with Crippen LogP contribution in [0.4, 0.5) is 5.13 Å². The van der Waals surface area contributed by atoms with Crippen molar-refractivity contribution in [1.29, 1.82) is 0 Å². The molecule has 0 spiro atoms. The van der Waals surface area contributed by atoms with E-state index in [1.165, 1.54) is 6.42 Å². The second-order valence-electron chi connectivity index (χ2n) is 4.61. The molecule has 1 aromatic rings. The van der Waals surface area contributed by atoms with Gasteiger partial charge in [-0.05, 0) is 18.3 Å². The third kappa shape index (κ3) is 2.64. The van der Waals surface area contributed by atoms with Crippen molar-refractivity contribution in [3.8, 4) is 0 Å². The SMILES string of the molecule is CC1CC(C)CN(c2nc(CCl)cs2)C1. The zero-order valence-electron chi connectivity index (χ0n) is 9.24. The van der Waals surface area contributed by atoms with Gasteiger partial charge in [-0.1, -0.05) is 13.8 Å². The molecular weight excluding hydrogens is 228 g/mol. The van der Waals surface area contributed by atoms with Gasteiger partial charge in [0.2, 0.25) is 0 Å². The lowest BCUT2D eigenvalue weighted by atomic mass is 9.92. The molecule has 1 saturated heterocycles. The first-order valence-electron chi connectivity index (χ1n) is 5.44. The van der Waals surface area contributed by atoms with Crippen molar-refractivity contribution in [2.24, 2.45) is 11.8 Å². The van der Waals surface area contributed by atoms with Gasteiger partial charge in [0.05, 0.1) is 11.6 Å². The largest absolute Gasteiger partial charge is 0.348 e. The number of hydrogen-bond donors (Lipinski definition) is 0. The Hall–Kier alpha value is -0.280. The lowest BCUT2D eigenvalue weighted by molar-refractivity contribution is 0.356. The standard InChI is InChI=1S/C11H17ClN2S/c1-8-3-9(2)6-14(5-8)11-13-10(4-12)7-15-11/h7-9H,3-6H2,1-2H3. The topological polar surface area (TPSA) is 16.1 Å². The van der Waals surface area contributed by atoms with Crippen LogP contribution in [-0.4, -0.2) is 18.1 Å². The maximum Gasteiger partial charge on any atom is 0.185 e. The van der Waals surface area contributed by atoms with Gasteiger partial charge in [-0.25, -0.2) is 4.98 Å². The monoisotopic (exact) mass is 244 g/mol. The zero-order chi connectivity index (χ0) is 10.8. The number of halogens is 1. The molecule has 0 amide bonds. The van der Waals surface area contributed by atoms with E-state index < -0.39 is 0 Å². The summed E-state index contributed by atoms with van der Waals surface area (Å²) >= 11 is 7.48. The van der Waals surface area contributed by atoms with Gasteiger partial charge in [-0.2, -0.15) is 0 Å². The first-order chi connectivity index (χ1) is 7.19. The molecule has 2 unspecified atom stereocenters. The zero-order valence-corrected chi connectivity index (χ0v) is 10.8.